The third-order valence-corrected chi connectivity index (χ3v) is 4.81. The van der Waals surface area contributed by atoms with Gasteiger partial charge in [-0.05, 0) is 55.2 Å². The molecule has 1 saturated carbocycles. The highest BCUT2D eigenvalue weighted by molar-refractivity contribution is 5.89. The van der Waals surface area contributed by atoms with Crippen molar-refractivity contribution in [1.82, 2.24) is 9.78 Å². The Bertz CT molecular complexity index is 1080. The van der Waals surface area contributed by atoms with Crippen LogP contribution in [0.2, 0.25) is 0 Å². The lowest BCUT2D eigenvalue weighted by Crippen LogP contribution is -2.08. The van der Waals surface area contributed by atoms with Crippen LogP contribution in [0.3, 0.4) is 0 Å². The van der Waals surface area contributed by atoms with Crippen LogP contribution in [0.4, 0.5) is 5.69 Å². The molecule has 0 bridgehead atoms. The van der Waals surface area contributed by atoms with E-state index in [9.17, 15) is 9.59 Å². The first kappa shape index (κ1) is 18.9. The summed E-state index contributed by atoms with van der Waals surface area (Å²) in [5.41, 5.74) is 5.34. The Morgan fingerprint density at radius 1 is 1.10 bits per heavy atom. The molecular weight excluding hydrogens is 366 g/mol. The van der Waals surface area contributed by atoms with Crippen LogP contribution in [0, 0.1) is 6.92 Å². The van der Waals surface area contributed by atoms with Gasteiger partial charge in [-0.2, -0.15) is 9.78 Å². The van der Waals surface area contributed by atoms with E-state index in [-0.39, 0.29) is 5.91 Å². The topological polar surface area (TPSA) is 73.2 Å². The fourth-order valence-corrected chi connectivity index (χ4v) is 3.42. The van der Waals surface area contributed by atoms with Gasteiger partial charge in [-0.3, -0.25) is 9.59 Å². The highest BCUT2D eigenvalue weighted by Crippen LogP contribution is 2.48. The van der Waals surface area contributed by atoms with Gasteiger partial charge in [-0.15, -0.1) is 0 Å². The summed E-state index contributed by atoms with van der Waals surface area (Å²) in [4.78, 5) is 23.2. The smallest absolute Gasteiger partial charge is 0.309 e. The molecule has 4 rings (SSSR count). The quantitative estimate of drug-likeness (QED) is 0.647. The second kappa shape index (κ2) is 7.54. The first-order valence-corrected chi connectivity index (χ1v) is 9.69. The Hall–Kier alpha value is -3.41. The summed E-state index contributed by atoms with van der Waals surface area (Å²) in [6.45, 7) is 4.89. The molecule has 0 aliphatic heterocycles. The number of hydrogen-bond donors (Lipinski definition) is 1. The number of hydrogen-bond acceptors (Lipinski definition) is 4. The van der Waals surface area contributed by atoms with E-state index in [2.05, 4.69) is 5.32 Å². The van der Waals surface area contributed by atoms with E-state index < -0.39 is 5.97 Å². The van der Waals surface area contributed by atoms with E-state index in [0.717, 1.165) is 40.9 Å². The van der Waals surface area contributed by atoms with Crippen molar-refractivity contribution in [1.29, 1.82) is 0 Å². The number of carbonyl (C=O) groups is 2. The molecule has 1 fully saturated rings. The number of nitrogens with one attached hydrogen (secondary N) is 1. The van der Waals surface area contributed by atoms with Crippen LogP contribution in [0.25, 0.3) is 16.8 Å². The van der Waals surface area contributed by atoms with Crippen LogP contribution in [-0.2, 0) is 9.59 Å². The van der Waals surface area contributed by atoms with Crippen molar-refractivity contribution in [2.75, 3.05) is 5.32 Å². The summed E-state index contributed by atoms with van der Waals surface area (Å²) in [6.07, 6.45) is 2.14. The van der Waals surface area contributed by atoms with Gasteiger partial charge in [0.05, 0.1) is 16.9 Å². The second-order valence-electron chi connectivity index (χ2n) is 7.44. The van der Waals surface area contributed by atoms with Gasteiger partial charge in [0.25, 0.3) is 0 Å². The van der Waals surface area contributed by atoms with Crippen molar-refractivity contribution in [3.05, 3.63) is 59.8 Å². The standard InChI is InChI=1S/C23H23N3O3/c1-14-5-4-6-20(13-14)26-23(29-16(3)28)21(22(25-26)18-7-8-18)17-9-11-19(12-10-17)24-15(2)27/h4-6,9-13,18H,7-8H2,1-3H3,(H,24,27). The molecule has 1 amide bonds. The van der Waals surface area contributed by atoms with Crippen molar-refractivity contribution in [3.63, 3.8) is 0 Å². The SMILES string of the molecule is CC(=O)Nc1ccc(-c2c(C3CC3)nn(-c3cccc(C)c3)c2OC(C)=O)cc1. The van der Waals surface area contributed by atoms with Gasteiger partial charge in [0.2, 0.25) is 11.8 Å². The van der Waals surface area contributed by atoms with E-state index in [1.807, 2.05) is 55.5 Å². The maximum atomic E-state index is 11.9. The summed E-state index contributed by atoms with van der Waals surface area (Å²) in [7, 11) is 0. The van der Waals surface area contributed by atoms with Crippen molar-refractivity contribution in [3.8, 4) is 22.7 Å². The van der Waals surface area contributed by atoms with Crippen LogP contribution in [-0.4, -0.2) is 21.7 Å². The van der Waals surface area contributed by atoms with Crippen LogP contribution in [0.15, 0.2) is 48.5 Å². The Labute approximate surface area is 169 Å². The fourth-order valence-electron chi connectivity index (χ4n) is 3.42. The molecule has 1 aliphatic rings. The van der Waals surface area contributed by atoms with Crippen LogP contribution >= 0.6 is 0 Å². The summed E-state index contributed by atoms with van der Waals surface area (Å²) >= 11 is 0. The molecule has 1 N–H and O–H groups in total. The summed E-state index contributed by atoms with van der Waals surface area (Å²) in [6, 6.07) is 15.5. The second-order valence-corrected chi connectivity index (χ2v) is 7.44. The molecule has 0 radical (unpaired) electrons. The van der Waals surface area contributed by atoms with Gasteiger partial charge in [0, 0.05) is 25.5 Å². The monoisotopic (exact) mass is 389 g/mol. The number of amides is 1. The minimum absolute atomic E-state index is 0.121. The highest BCUT2D eigenvalue weighted by Gasteiger charge is 2.34. The number of anilines is 1. The van der Waals surface area contributed by atoms with Crippen molar-refractivity contribution in [2.24, 2.45) is 0 Å². The number of benzene rings is 2. The minimum Gasteiger partial charge on any atom is -0.407 e. The third kappa shape index (κ3) is 4.06. The lowest BCUT2D eigenvalue weighted by Gasteiger charge is -2.10. The maximum Gasteiger partial charge on any atom is 0.309 e. The first-order chi connectivity index (χ1) is 13.9. The largest absolute Gasteiger partial charge is 0.407 e. The average Bonchev–Trinajstić information content (AvgIpc) is 3.44. The zero-order valence-corrected chi connectivity index (χ0v) is 16.7. The summed E-state index contributed by atoms with van der Waals surface area (Å²) in [5.74, 6) is 0.277. The van der Waals surface area contributed by atoms with E-state index in [0.29, 0.717) is 17.5 Å². The molecule has 2 aromatic carbocycles. The Morgan fingerprint density at radius 3 is 2.41 bits per heavy atom. The summed E-state index contributed by atoms with van der Waals surface area (Å²) in [5, 5.41) is 7.63. The van der Waals surface area contributed by atoms with E-state index in [1.54, 1.807) is 4.68 Å². The molecule has 0 spiro atoms. The molecule has 6 heteroatoms. The number of carbonyl (C=O) groups excluding carboxylic acids is 2. The molecule has 6 nitrogen and oxygen atoms in total. The van der Waals surface area contributed by atoms with Gasteiger partial charge in [0.1, 0.15) is 0 Å². The van der Waals surface area contributed by atoms with Crippen molar-refractivity contribution >= 4 is 17.6 Å². The molecule has 29 heavy (non-hydrogen) atoms. The molecule has 0 atom stereocenters. The van der Waals surface area contributed by atoms with Crippen molar-refractivity contribution < 1.29 is 14.3 Å². The predicted molar refractivity (Wildman–Crippen MR) is 111 cm³/mol. The van der Waals surface area contributed by atoms with Gasteiger partial charge in [-0.25, -0.2) is 0 Å². The Balaban J connectivity index is 1.87. The number of nitrogens with zero attached hydrogens (tertiary/aromatic N) is 2. The van der Waals surface area contributed by atoms with Crippen LogP contribution < -0.4 is 10.1 Å². The van der Waals surface area contributed by atoms with Gasteiger partial charge in [-0.1, -0.05) is 24.3 Å². The third-order valence-electron chi connectivity index (χ3n) is 4.81. The van der Waals surface area contributed by atoms with Crippen LogP contribution in [0.5, 0.6) is 5.88 Å². The van der Waals surface area contributed by atoms with E-state index >= 15 is 0 Å². The normalized spacial score (nSPS) is 13.2. The molecule has 0 unspecified atom stereocenters. The number of aryl methyl sites for hydroxylation is 1. The molecule has 1 aliphatic carbocycles. The molecule has 148 valence electrons. The Kier molecular flexibility index (Phi) is 4.92. The van der Waals surface area contributed by atoms with E-state index in [1.165, 1.54) is 13.8 Å². The molecule has 0 saturated heterocycles. The zero-order chi connectivity index (χ0) is 20.5. The number of ether oxygens (including phenoxy) is 1. The van der Waals surface area contributed by atoms with Crippen molar-refractivity contribution in [2.45, 2.75) is 39.5 Å². The van der Waals surface area contributed by atoms with Crippen LogP contribution in [0.1, 0.15) is 43.9 Å². The van der Waals surface area contributed by atoms with Gasteiger partial charge < -0.3 is 10.1 Å². The first-order valence-electron chi connectivity index (χ1n) is 9.69. The van der Waals surface area contributed by atoms with Gasteiger partial charge in [0.15, 0.2) is 0 Å². The highest BCUT2D eigenvalue weighted by atomic mass is 16.5. The molecule has 3 aromatic rings. The lowest BCUT2D eigenvalue weighted by atomic mass is 10.0. The summed E-state index contributed by atoms with van der Waals surface area (Å²) < 4.78 is 7.39. The number of rotatable bonds is 5. The molecular formula is C23H23N3O3. The maximum absolute atomic E-state index is 11.9. The van der Waals surface area contributed by atoms with Gasteiger partial charge >= 0.3 is 5.97 Å². The molecule has 1 aromatic heterocycles. The minimum atomic E-state index is -0.391. The lowest BCUT2D eigenvalue weighted by molar-refractivity contribution is -0.132. The van der Waals surface area contributed by atoms with E-state index in [4.69, 9.17) is 9.84 Å². The number of aromatic nitrogens is 2. The molecule has 1 heterocycles. The fraction of sp³-hybridized carbons (Fsp3) is 0.261. The zero-order valence-electron chi connectivity index (χ0n) is 16.7. The predicted octanol–water partition coefficient (Wildman–Crippen LogP) is 4.61. The number of esters is 1. The Morgan fingerprint density at radius 2 is 1.83 bits per heavy atom. The average molecular weight is 389 g/mol.